The Balaban J connectivity index is 4.67. The standard InChI is InChI=1S/C7H12O7/c1-13-4(3(8)6(9)10)5(14-2)7(11)12/h3-5,8H,1-2H3,(H,9,10)(H,11,12)/t3-,4+,5-/m0/s1. The minimum Gasteiger partial charge on any atom is -0.479 e. The van der Waals surface area contributed by atoms with Crippen molar-refractivity contribution in [3.8, 4) is 0 Å². The molecule has 0 radical (unpaired) electrons. The van der Waals surface area contributed by atoms with Gasteiger partial charge in [-0.2, -0.15) is 0 Å². The van der Waals surface area contributed by atoms with E-state index in [0.717, 1.165) is 14.2 Å². The lowest BCUT2D eigenvalue weighted by molar-refractivity contribution is -0.173. The van der Waals surface area contributed by atoms with Crippen molar-refractivity contribution in [2.24, 2.45) is 0 Å². The molecule has 0 amide bonds. The second kappa shape index (κ2) is 5.53. The highest BCUT2D eigenvalue weighted by Crippen LogP contribution is 2.08. The van der Waals surface area contributed by atoms with Crippen molar-refractivity contribution in [3.63, 3.8) is 0 Å². The van der Waals surface area contributed by atoms with E-state index in [9.17, 15) is 9.59 Å². The minimum atomic E-state index is -1.94. The van der Waals surface area contributed by atoms with Crippen molar-refractivity contribution in [1.29, 1.82) is 0 Å². The molecule has 0 fully saturated rings. The Bertz CT molecular complexity index is 214. The number of hydrogen-bond donors (Lipinski definition) is 3. The average Bonchev–Trinajstić information content (AvgIpc) is 2.11. The van der Waals surface area contributed by atoms with Gasteiger partial charge in [-0.25, -0.2) is 9.59 Å². The Kier molecular flexibility index (Phi) is 5.06. The lowest BCUT2D eigenvalue weighted by Crippen LogP contribution is -2.48. The fourth-order valence-electron chi connectivity index (χ4n) is 0.934. The maximum atomic E-state index is 10.5. The maximum Gasteiger partial charge on any atom is 0.335 e. The second-order valence-corrected chi connectivity index (χ2v) is 2.48. The van der Waals surface area contributed by atoms with Crippen LogP contribution in [0, 0.1) is 0 Å². The van der Waals surface area contributed by atoms with Gasteiger partial charge in [-0.1, -0.05) is 0 Å². The predicted molar refractivity (Wildman–Crippen MR) is 42.9 cm³/mol. The Morgan fingerprint density at radius 3 is 1.79 bits per heavy atom. The Labute approximate surface area is 79.9 Å². The number of carboxylic acids is 2. The van der Waals surface area contributed by atoms with E-state index in [0.29, 0.717) is 0 Å². The first-order valence-corrected chi connectivity index (χ1v) is 3.65. The average molecular weight is 208 g/mol. The molecule has 0 heterocycles. The summed E-state index contributed by atoms with van der Waals surface area (Å²) in [5.41, 5.74) is 0. The van der Waals surface area contributed by atoms with Crippen LogP contribution in [-0.4, -0.2) is 59.8 Å². The molecule has 7 nitrogen and oxygen atoms in total. The molecule has 0 aliphatic carbocycles. The fourth-order valence-corrected chi connectivity index (χ4v) is 0.934. The van der Waals surface area contributed by atoms with Crippen LogP contribution in [0.2, 0.25) is 0 Å². The van der Waals surface area contributed by atoms with Gasteiger partial charge in [0, 0.05) is 14.2 Å². The summed E-state index contributed by atoms with van der Waals surface area (Å²) in [6, 6.07) is 0. The summed E-state index contributed by atoms with van der Waals surface area (Å²) >= 11 is 0. The van der Waals surface area contributed by atoms with Gasteiger partial charge in [-0.05, 0) is 0 Å². The molecule has 0 aromatic heterocycles. The van der Waals surface area contributed by atoms with Gasteiger partial charge < -0.3 is 24.8 Å². The third-order valence-corrected chi connectivity index (χ3v) is 1.63. The zero-order valence-electron chi connectivity index (χ0n) is 7.71. The zero-order chi connectivity index (χ0) is 11.3. The molecule has 82 valence electrons. The normalized spacial score (nSPS) is 17.1. The zero-order valence-corrected chi connectivity index (χ0v) is 7.71. The molecule has 0 aromatic carbocycles. The summed E-state index contributed by atoms with van der Waals surface area (Å²) < 4.78 is 9.04. The van der Waals surface area contributed by atoms with Crippen molar-refractivity contribution in [2.75, 3.05) is 14.2 Å². The van der Waals surface area contributed by atoms with Gasteiger partial charge in [0.1, 0.15) is 6.10 Å². The number of rotatable bonds is 6. The number of aliphatic carboxylic acids is 2. The van der Waals surface area contributed by atoms with Crippen molar-refractivity contribution in [1.82, 2.24) is 0 Å². The summed E-state index contributed by atoms with van der Waals surface area (Å²) in [6.45, 7) is 0. The van der Waals surface area contributed by atoms with Gasteiger partial charge in [0.2, 0.25) is 0 Å². The monoisotopic (exact) mass is 208 g/mol. The first kappa shape index (κ1) is 12.8. The number of hydrogen-bond acceptors (Lipinski definition) is 5. The van der Waals surface area contributed by atoms with Crippen LogP contribution in [0.5, 0.6) is 0 Å². The van der Waals surface area contributed by atoms with Crippen LogP contribution in [0.1, 0.15) is 0 Å². The topological polar surface area (TPSA) is 113 Å². The van der Waals surface area contributed by atoms with Crippen LogP contribution < -0.4 is 0 Å². The van der Waals surface area contributed by atoms with Gasteiger partial charge in [0.15, 0.2) is 12.2 Å². The van der Waals surface area contributed by atoms with E-state index in [-0.39, 0.29) is 0 Å². The quantitative estimate of drug-likeness (QED) is 0.489. The van der Waals surface area contributed by atoms with Gasteiger partial charge in [0.05, 0.1) is 0 Å². The molecule has 0 aliphatic heterocycles. The van der Waals surface area contributed by atoms with E-state index in [2.05, 4.69) is 9.47 Å². The molecule has 0 spiro atoms. The van der Waals surface area contributed by atoms with Crippen LogP contribution in [0.15, 0.2) is 0 Å². The first-order chi connectivity index (χ1) is 6.45. The second-order valence-electron chi connectivity index (χ2n) is 2.48. The minimum absolute atomic E-state index is 1.08. The summed E-state index contributed by atoms with van der Waals surface area (Å²) in [5, 5.41) is 26.1. The SMILES string of the molecule is CO[C@H]([C@H](O)C(=O)O)[C@H](OC)C(=O)O. The Hall–Kier alpha value is -1.18. The molecule has 0 aromatic rings. The molecular formula is C7H12O7. The number of carboxylic acid groups (broad SMARTS) is 2. The smallest absolute Gasteiger partial charge is 0.335 e. The van der Waals surface area contributed by atoms with E-state index < -0.39 is 30.3 Å². The van der Waals surface area contributed by atoms with Crippen LogP contribution in [-0.2, 0) is 19.1 Å². The van der Waals surface area contributed by atoms with Crippen molar-refractivity contribution in [3.05, 3.63) is 0 Å². The molecule has 0 saturated heterocycles. The fraction of sp³-hybridized carbons (Fsp3) is 0.714. The van der Waals surface area contributed by atoms with Crippen molar-refractivity contribution < 1.29 is 34.4 Å². The van der Waals surface area contributed by atoms with Crippen LogP contribution in [0.4, 0.5) is 0 Å². The van der Waals surface area contributed by atoms with Gasteiger partial charge in [-0.3, -0.25) is 0 Å². The molecule has 0 saturated carbocycles. The molecular weight excluding hydrogens is 196 g/mol. The highest BCUT2D eigenvalue weighted by Gasteiger charge is 2.37. The largest absolute Gasteiger partial charge is 0.479 e. The maximum absolute atomic E-state index is 10.5. The van der Waals surface area contributed by atoms with Gasteiger partial charge >= 0.3 is 11.9 Å². The number of methoxy groups -OCH3 is 2. The predicted octanol–water partition coefficient (Wildman–Crippen LogP) is -1.45. The summed E-state index contributed by atoms with van der Waals surface area (Å²) in [7, 11) is 2.17. The number of aliphatic hydroxyl groups is 1. The molecule has 0 aliphatic rings. The third-order valence-electron chi connectivity index (χ3n) is 1.63. The Morgan fingerprint density at radius 2 is 1.57 bits per heavy atom. The number of aliphatic hydroxyl groups excluding tert-OH is 1. The molecule has 7 heteroatoms. The highest BCUT2D eigenvalue weighted by molar-refractivity contribution is 5.77. The van der Waals surface area contributed by atoms with Crippen LogP contribution in [0.25, 0.3) is 0 Å². The van der Waals surface area contributed by atoms with Crippen molar-refractivity contribution >= 4 is 11.9 Å². The lowest BCUT2D eigenvalue weighted by atomic mass is 10.1. The van der Waals surface area contributed by atoms with E-state index in [1.807, 2.05) is 0 Å². The number of carbonyl (C=O) groups is 2. The van der Waals surface area contributed by atoms with E-state index in [1.165, 1.54) is 0 Å². The van der Waals surface area contributed by atoms with Crippen LogP contribution >= 0.6 is 0 Å². The molecule has 3 N–H and O–H groups in total. The van der Waals surface area contributed by atoms with Crippen LogP contribution in [0.3, 0.4) is 0 Å². The molecule has 3 atom stereocenters. The summed E-state index contributed by atoms with van der Waals surface area (Å²) in [6.07, 6.45) is -4.91. The highest BCUT2D eigenvalue weighted by atomic mass is 16.6. The molecule has 14 heavy (non-hydrogen) atoms. The van der Waals surface area contributed by atoms with Crippen molar-refractivity contribution in [2.45, 2.75) is 18.3 Å². The van der Waals surface area contributed by atoms with Gasteiger partial charge in [-0.15, -0.1) is 0 Å². The Morgan fingerprint density at radius 1 is 1.07 bits per heavy atom. The van der Waals surface area contributed by atoms with E-state index >= 15 is 0 Å². The molecule has 0 rings (SSSR count). The molecule has 0 bridgehead atoms. The van der Waals surface area contributed by atoms with E-state index in [4.69, 9.17) is 15.3 Å². The summed E-state index contributed by atoms with van der Waals surface area (Å²) in [5.74, 6) is -2.97. The molecule has 0 unspecified atom stereocenters. The first-order valence-electron chi connectivity index (χ1n) is 3.65. The third kappa shape index (κ3) is 2.95. The van der Waals surface area contributed by atoms with E-state index in [1.54, 1.807) is 0 Å². The van der Waals surface area contributed by atoms with Gasteiger partial charge in [0.25, 0.3) is 0 Å². The number of ether oxygens (including phenoxy) is 2. The lowest BCUT2D eigenvalue weighted by Gasteiger charge is -2.23. The summed E-state index contributed by atoms with van der Waals surface area (Å²) in [4.78, 5) is 20.9.